The Hall–Kier alpha value is -0.751. The van der Waals surface area contributed by atoms with E-state index in [-0.39, 0.29) is 8.08 Å². The summed E-state index contributed by atoms with van der Waals surface area (Å²) in [5.74, 6) is 0. The summed E-state index contributed by atoms with van der Waals surface area (Å²) in [6.45, 7) is 0. The van der Waals surface area contributed by atoms with Gasteiger partial charge >= 0.3 is 99.6 Å². The number of rotatable bonds is 2. The van der Waals surface area contributed by atoms with Gasteiger partial charge in [-0.3, -0.25) is 0 Å². The SMILES string of the molecule is C1=C[SH]([Sn][n]2nnc3ccccc32)C=C1. The molecule has 74 valence electrons. The van der Waals surface area contributed by atoms with E-state index in [1.54, 1.807) is 0 Å². The minimum absolute atomic E-state index is 0.000466. The number of para-hydroxylation sites is 1. The number of thiol groups is 1. The quantitative estimate of drug-likeness (QED) is 0.676. The first kappa shape index (κ1) is 9.47. The molecule has 3 rings (SSSR count). The molecule has 2 aromatic rings. The van der Waals surface area contributed by atoms with Crippen LogP contribution in [-0.2, 0) is 0 Å². The van der Waals surface area contributed by atoms with Crippen molar-refractivity contribution in [3.05, 3.63) is 47.2 Å². The molecule has 0 aliphatic carbocycles. The van der Waals surface area contributed by atoms with Crippen molar-refractivity contribution in [3.63, 3.8) is 0 Å². The third kappa shape index (κ3) is 1.83. The first-order valence-electron chi connectivity index (χ1n) is 4.64. The van der Waals surface area contributed by atoms with E-state index in [0.717, 1.165) is 5.52 Å². The molecule has 0 spiro atoms. The van der Waals surface area contributed by atoms with Gasteiger partial charge < -0.3 is 0 Å². The van der Waals surface area contributed by atoms with Gasteiger partial charge in [0.15, 0.2) is 0 Å². The van der Waals surface area contributed by atoms with Crippen LogP contribution < -0.4 is 0 Å². The molecule has 0 unspecified atom stereocenters. The van der Waals surface area contributed by atoms with E-state index in [0.29, 0.717) is 0 Å². The maximum atomic E-state index is 4.25. The summed E-state index contributed by atoms with van der Waals surface area (Å²) in [6.07, 6.45) is 4.29. The van der Waals surface area contributed by atoms with Gasteiger partial charge in [-0.05, 0) is 0 Å². The van der Waals surface area contributed by atoms with E-state index in [1.165, 1.54) is 5.52 Å². The molecular weight excluding hydrogens is 313 g/mol. The van der Waals surface area contributed by atoms with Crippen molar-refractivity contribution in [3.8, 4) is 0 Å². The number of aromatic nitrogens is 3. The van der Waals surface area contributed by atoms with Gasteiger partial charge in [-0.25, -0.2) is 0 Å². The molecule has 3 nitrogen and oxygen atoms in total. The van der Waals surface area contributed by atoms with Gasteiger partial charge in [0.2, 0.25) is 0 Å². The second kappa shape index (κ2) is 4.02. The molecule has 2 heterocycles. The van der Waals surface area contributed by atoms with Crippen LogP contribution in [0.5, 0.6) is 0 Å². The van der Waals surface area contributed by atoms with Crippen molar-refractivity contribution in [2.45, 2.75) is 0 Å². The first-order valence-corrected chi connectivity index (χ1v) is 11.2. The molecule has 0 bridgehead atoms. The average molecular weight is 322 g/mol. The number of hydrogen-bond acceptors (Lipinski definition) is 2. The van der Waals surface area contributed by atoms with Gasteiger partial charge in [-0.1, -0.05) is 0 Å². The molecule has 1 aliphatic rings. The molecule has 1 aliphatic heterocycles. The summed E-state index contributed by atoms with van der Waals surface area (Å²) in [4.78, 5) is 0. The minimum atomic E-state index is -0.675. The Labute approximate surface area is 99.2 Å². The van der Waals surface area contributed by atoms with Gasteiger partial charge in [0, 0.05) is 0 Å². The molecule has 0 fully saturated rings. The van der Waals surface area contributed by atoms with Gasteiger partial charge in [0.25, 0.3) is 0 Å². The Morgan fingerprint density at radius 3 is 2.80 bits per heavy atom. The first-order chi connectivity index (χ1) is 7.43. The van der Waals surface area contributed by atoms with Gasteiger partial charge in [-0.2, -0.15) is 0 Å². The van der Waals surface area contributed by atoms with Crippen molar-refractivity contribution < 1.29 is 0 Å². The topological polar surface area (TPSA) is 30.7 Å². The predicted molar refractivity (Wildman–Crippen MR) is 65.9 cm³/mol. The fourth-order valence-electron chi connectivity index (χ4n) is 1.45. The fourth-order valence-corrected chi connectivity index (χ4v) is 9.04. The molecule has 0 amide bonds. The number of nitrogens with zero attached hydrogens (tertiary/aromatic N) is 3. The summed E-state index contributed by atoms with van der Waals surface area (Å²) in [7, 11) is 0.000466. The molecule has 1 aromatic heterocycles. The molecule has 2 radical (unpaired) electrons. The summed E-state index contributed by atoms with van der Waals surface area (Å²) in [5, 5.41) is 13.1. The van der Waals surface area contributed by atoms with Crippen LogP contribution in [-0.4, -0.2) is 33.2 Å². The second-order valence-corrected chi connectivity index (χ2v) is 12.1. The van der Waals surface area contributed by atoms with Crippen molar-refractivity contribution >= 4 is 39.1 Å². The second-order valence-electron chi connectivity index (χ2n) is 3.18. The molecule has 0 N–H and O–H groups in total. The van der Waals surface area contributed by atoms with Crippen molar-refractivity contribution in [2.24, 2.45) is 0 Å². The van der Waals surface area contributed by atoms with E-state index in [2.05, 4.69) is 48.3 Å². The van der Waals surface area contributed by atoms with Crippen LogP contribution in [0, 0.1) is 0 Å². The van der Waals surface area contributed by atoms with E-state index in [9.17, 15) is 0 Å². The van der Waals surface area contributed by atoms with Crippen LogP contribution in [0.15, 0.2) is 47.2 Å². The number of fused-ring (bicyclic) bond motifs is 1. The van der Waals surface area contributed by atoms with Crippen molar-refractivity contribution in [2.75, 3.05) is 0 Å². The third-order valence-electron chi connectivity index (χ3n) is 2.17. The molecule has 15 heavy (non-hydrogen) atoms. The van der Waals surface area contributed by atoms with Gasteiger partial charge in [-0.15, -0.1) is 0 Å². The third-order valence-corrected chi connectivity index (χ3v) is 10.7. The number of benzene rings is 1. The zero-order valence-corrected chi connectivity index (χ0v) is 11.7. The molecule has 0 saturated heterocycles. The van der Waals surface area contributed by atoms with Gasteiger partial charge in [0.1, 0.15) is 0 Å². The van der Waals surface area contributed by atoms with Crippen LogP contribution >= 0.6 is 8.08 Å². The molecule has 0 saturated carbocycles. The Balaban J connectivity index is 1.97. The zero-order valence-electron chi connectivity index (χ0n) is 7.91. The summed E-state index contributed by atoms with van der Waals surface area (Å²) < 4.78 is 2.16. The average Bonchev–Trinajstić information content (AvgIpc) is 2.89. The van der Waals surface area contributed by atoms with Gasteiger partial charge in [0.05, 0.1) is 0 Å². The molecule has 0 atom stereocenters. The van der Waals surface area contributed by atoms with Crippen LogP contribution in [0.3, 0.4) is 0 Å². The monoisotopic (exact) mass is 323 g/mol. The Morgan fingerprint density at radius 1 is 1.13 bits per heavy atom. The summed E-state index contributed by atoms with van der Waals surface area (Å²) >= 11 is -0.675. The zero-order chi connectivity index (χ0) is 10.1. The van der Waals surface area contributed by atoms with Crippen molar-refractivity contribution in [1.82, 2.24) is 13.2 Å². The standard InChI is InChI=1S/C6H4N3.C4H4S.Sn/c1-2-4-6-5(3-1)7-9-8-6;1-2-4-5-3-1;/h1-4H;1-4H;/q-1;;/p+1. The predicted octanol–water partition coefficient (Wildman–Crippen LogP) is 1.86. The van der Waals surface area contributed by atoms with Crippen LogP contribution in [0.2, 0.25) is 0 Å². The van der Waals surface area contributed by atoms with E-state index in [4.69, 9.17) is 0 Å². The normalized spacial score (nSPS) is 16.7. The van der Waals surface area contributed by atoms with Crippen LogP contribution in [0.4, 0.5) is 0 Å². The maximum absolute atomic E-state index is 4.25. The summed E-state index contributed by atoms with van der Waals surface area (Å²) in [5.41, 5.74) is 2.21. The van der Waals surface area contributed by atoms with Crippen LogP contribution in [0.1, 0.15) is 0 Å². The molecule has 1 aromatic carbocycles. The van der Waals surface area contributed by atoms with E-state index in [1.807, 2.05) is 12.1 Å². The van der Waals surface area contributed by atoms with Crippen molar-refractivity contribution in [1.29, 1.82) is 0 Å². The van der Waals surface area contributed by atoms with Crippen LogP contribution in [0.25, 0.3) is 11.0 Å². The van der Waals surface area contributed by atoms with E-state index >= 15 is 0 Å². The Morgan fingerprint density at radius 2 is 1.93 bits per heavy atom. The summed E-state index contributed by atoms with van der Waals surface area (Å²) in [6, 6.07) is 8.18. The number of allylic oxidation sites excluding steroid dienone is 2. The number of hydrogen-bond donors (Lipinski definition) is 1. The Kier molecular flexibility index (Phi) is 2.54. The molecule has 5 heteroatoms. The molecular formula is C10H9N3SSn. The fraction of sp³-hybridized carbons (Fsp3) is 0. The van der Waals surface area contributed by atoms with E-state index < -0.39 is 20.0 Å². The Bertz CT molecular complexity index is 534.